The highest BCUT2D eigenvalue weighted by Gasteiger charge is 2.21. The molecule has 0 aliphatic rings. The number of rotatable bonds is 4. The minimum absolute atomic E-state index is 0.0697. The van der Waals surface area contributed by atoms with E-state index in [9.17, 15) is 22.9 Å². The molecule has 0 amide bonds. The zero-order valence-electron chi connectivity index (χ0n) is 10.2. The summed E-state index contributed by atoms with van der Waals surface area (Å²) in [6, 6.07) is 4.89. The topological polar surface area (TPSA) is 102 Å². The number of pyridine rings is 1. The van der Waals surface area contributed by atoms with Gasteiger partial charge in [-0.15, -0.1) is 0 Å². The van der Waals surface area contributed by atoms with Crippen molar-refractivity contribution in [1.29, 1.82) is 0 Å². The Bertz CT molecular complexity index is 813. The molecule has 0 aliphatic heterocycles. The number of nitro benzene ring substituents is 1. The first kappa shape index (κ1) is 15.1. The van der Waals surface area contributed by atoms with E-state index in [1.807, 2.05) is 0 Å². The van der Waals surface area contributed by atoms with E-state index in [1.165, 1.54) is 18.3 Å². The Labute approximate surface area is 123 Å². The van der Waals surface area contributed by atoms with Crippen LogP contribution in [0.15, 0.2) is 41.4 Å². The van der Waals surface area contributed by atoms with Crippen molar-refractivity contribution >= 4 is 33.0 Å². The second-order valence-corrected chi connectivity index (χ2v) is 5.91. The van der Waals surface area contributed by atoms with Gasteiger partial charge in [0.25, 0.3) is 10.0 Å². The molecule has 0 fully saturated rings. The molecule has 0 spiro atoms. The molecular formula is C11H7ClFN3O4S. The summed E-state index contributed by atoms with van der Waals surface area (Å²) >= 11 is 5.62. The van der Waals surface area contributed by atoms with Crippen molar-refractivity contribution in [2.45, 2.75) is 4.90 Å². The number of sulfonamides is 1. The Morgan fingerprint density at radius 2 is 2.00 bits per heavy atom. The lowest BCUT2D eigenvalue weighted by atomic mass is 10.3. The van der Waals surface area contributed by atoms with Crippen LogP contribution in [0.2, 0.25) is 5.15 Å². The van der Waals surface area contributed by atoms with Gasteiger partial charge in [0.15, 0.2) is 0 Å². The summed E-state index contributed by atoms with van der Waals surface area (Å²) in [6.07, 6.45) is 1.29. The van der Waals surface area contributed by atoms with Gasteiger partial charge in [0.2, 0.25) is 5.82 Å². The molecule has 7 nitrogen and oxygen atoms in total. The van der Waals surface area contributed by atoms with Crippen LogP contribution in [0.4, 0.5) is 15.8 Å². The van der Waals surface area contributed by atoms with Crippen LogP contribution in [0, 0.1) is 15.9 Å². The highest BCUT2D eigenvalue weighted by molar-refractivity contribution is 7.92. The van der Waals surface area contributed by atoms with Crippen LogP contribution < -0.4 is 4.72 Å². The minimum Gasteiger partial charge on any atom is -0.279 e. The molecule has 1 aromatic carbocycles. The molecule has 0 saturated carbocycles. The first-order chi connectivity index (χ1) is 9.79. The largest absolute Gasteiger partial charge is 0.306 e. The Balaban J connectivity index is 2.40. The van der Waals surface area contributed by atoms with Crippen LogP contribution in [0.3, 0.4) is 0 Å². The number of anilines is 1. The number of aromatic nitrogens is 1. The van der Waals surface area contributed by atoms with E-state index in [0.29, 0.717) is 12.1 Å². The van der Waals surface area contributed by atoms with E-state index >= 15 is 0 Å². The van der Waals surface area contributed by atoms with Crippen LogP contribution >= 0.6 is 11.6 Å². The summed E-state index contributed by atoms with van der Waals surface area (Å²) in [7, 11) is -4.11. The predicted octanol–water partition coefficient (Wildman–Crippen LogP) is 2.58. The molecule has 0 aliphatic carbocycles. The van der Waals surface area contributed by atoms with Crippen LogP contribution in [-0.2, 0) is 10.0 Å². The molecule has 1 heterocycles. The lowest BCUT2D eigenvalue weighted by Gasteiger charge is -2.08. The van der Waals surface area contributed by atoms with Crippen molar-refractivity contribution in [3.63, 3.8) is 0 Å². The van der Waals surface area contributed by atoms with Crippen LogP contribution in [-0.4, -0.2) is 18.3 Å². The normalized spacial score (nSPS) is 11.1. The first-order valence-corrected chi connectivity index (χ1v) is 7.24. The maximum absolute atomic E-state index is 13.2. The molecule has 0 unspecified atom stereocenters. The fourth-order valence-electron chi connectivity index (χ4n) is 1.48. The number of hydrogen-bond acceptors (Lipinski definition) is 5. The van der Waals surface area contributed by atoms with Gasteiger partial charge in [0.05, 0.1) is 15.5 Å². The van der Waals surface area contributed by atoms with Crippen molar-refractivity contribution in [3.8, 4) is 0 Å². The number of hydrogen-bond donors (Lipinski definition) is 1. The van der Waals surface area contributed by atoms with E-state index in [4.69, 9.17) is 11.6 Å². The van der Waals surface area contributed by atoms with Gasteiger partial charge in [0, 0.05) is 12.3 Å². The SMILES string of the molecule is O=[N+]([O-])c1cc(S(=O)(=O)Nc2ccnc(Cl)c2)ccc1F. The molecule has 21 heavy (non-hydrogen) atoms. The maximum Gasteiger partial charge on any atom is 0.306 e. The van der Waals surface area contributed by atoms with Crippen molar-refractivity contribution < 1.29 is 17.7 Å². The molecule has 10 heteroatoms. The molecule has 2 aromatic rings. The number of benzene rings is 1. The van der Waals surface area contributed by atoms with Gasteiger partial charge >= 0.3 is 5.69 Å². The molecule has 0 bridgehead atoms. The highest BCUT2D eigenvalue weighted by Crippen LogP contribution is 2.23. The second-order valence-electron chi connectivity index (χ2n) is 3.84. The fraction of sp³-hybridized carbons (Fsp3) is 0. The molecule has 110 valence electrons. The van der Waals surface area contributed by atoms with Gasteiger partial charge in [-0.25, -0.2) is 13.4 Å². The monoisotopic (exact) mass is 331 g/mol. The van der Waals surface area contributed by atoms with Gasteiger partial charge < -0.3 is 0 Å². The third-order valence-corrected chi connectivity index (χ3v) is 3.99. The maximum atomic E-state index is 13.2. The van der Waals surface area contributed by atoms with Crippen LogP contribution in [0.5, 0.6) is 0 Å². The summed E-state index contributed by atoms with van der Waals surface area (Å²) < 4.78 is 39.5. The predicted molar refractivity (Wildman–Crippen MR) is 73.1 cm³/mol. The highest BCUT2D eigenvalue weighted by atomic mass is 35.5. The van der Waals surface area contributed by atoms with E-state index in [-0.39, 0.29) is 10.8 Å². The second kappa shape index (κ2) is 5.62. The summed E-state index contributed by atoms with van der Waals surface area (Å²) in [4.78, 5) is 12.9. The van der Waals surface area contributed by atoms with Crippen molar-refractivity contribution in [1.82, 2.24) is 4.98 Å². The third-order valence-electron chi connectivity index (χ3n) is 2.40. The molecule has 0 radical (unpaired) electrons. The van der Waals surface area contributed by atoms with Gasteiger partial charge in [-0.05, 0) is 24.3 Å². The Morgan fingerprint density at radius 3 is 2.62 bits per heavy atom. The zero-order valence-corrected chi connectivity index (χ0v) is 11.7. The summed E-state index contributed by atoms with van der Waals surface area (Å²) in [5.74, 6) is -1.12. The quantitative estimate of drug-likeness (QED) is 0.527. The summed E-state index contributed by atoms with van der Waals surface area (Å²) in [6.45, 7) is 0. The van der Waals surface area contributed by atoms with E-state index in [1.54, 1.807) is 0 Å². The van der Waals surface area contributed by atoms with Gasteiger partial charge in [-0.2, -0.15) is 4.39 Å². The van der Waals surface area contributed by atoms with Crippen molar-refractivity contribution in [3.05, 3.63) is 57.6 Å². The Kier molecular flexibility index (Phi) is 4.05. The fourth-order valence-corrected chi connectivity index (χ4v) is 2.72. The molecule has 1 N–H and O–H groups in total. The molecule has 0 saturated heterocycles. The van der Waals surface area contributed by atoms with Crippen molar-refractivity contribution in [2.24, 2.45) is 0 Å². The Hall–Kier alpha value is -2.26. The summed E-state index contributed by atoms with van der Waals surface area (Å²) in [5.41, 5.74) is -0.799. The van der Waals surface area contributed by atoms with E-state index < -0.39 is 31.3 Å². The van der Waals surface area contributed by atoms with E-state index in [2.05, 4.69) is 9.71 Å². The molecule has 1 aromatic heterocycles. The van der Waals surface area contributed by atoms with Crippen molar-refractivity contribution in [2.75, 3.05) is 4.72 Å². The lowest BCUT2D eigenvalue weighted by Crippen LogP contribution is -2.13. The van der Waals surface area contributed by atoms with E-state index in [0.717, 1.165) is 6.07 Å². The molecular weight excluding hydrogens is 325 g/mol. The third kappa shape index (κ3) is 3.44. The molecule has 0 atom stereocenters. The number of nitrogens with zero attached hydrogens (tertiary/aromatic N) is 2. The zero-order chi connectivity index (χ0) is 15.6. The minimum atomic E-state index is -4.11. The number of nitro groups is 1. The number of halogens is 2. The smallest absolute Gasteiger partial charge is 0.279 e. The van der Waals surface area contributed by atoms with Crippen LogP contribution in [0.25, 0.3) is 0 Å². The average molecular weight is 332 g/mol. The molecule has 2 rings (SSSR count). The van der Waals surface area contributed by atoms with Gasteiger partial charge in [-0.3, -0.25) is 14.8 Å². The average Bonchev–Trinajstić information content (AvgIpc) is 2.38. The lowest BCUT2D eigenvalue weighted by molar-refractivity contribution is -0.387. The standard InChI is InChI=1S/C11H7ClFN3O4S/c12-11-5-7(3-4-14-11)15-21(19,20)8-1-2-9(13)10(6-8)16(17)18/h1-6H,(H,14,15). The first-order valence-electron chi connectivity index (χ1n) is 5.38. The number of nitrogens with one attached hydrogen (secondary N) is 1. The van der Waals surface area contributed by atoms with Gasteiger partial charge in [-0.1, -0.05) is 11.6 Å². The summed E-state index contributed by atoms with van der Waals surface area (Å²) in [5, 5.41) is 10.7. The van der Waals surface area contributed by atoms with Crippen LogP contribution in [0.1, 0.15) is 0 Å². The van der Waals surface area contributed by atoms with Gasteiger partial charge in [0.1, 0.15) is 5.15 Å². The Morgan fingerprint density at radius 1 is 1.29 bits per heavy atom.